The molecule has 24 heavy (non-hydrogen) atoms. The van der Waals surface area contributed by atoms with E-state index in [1.165, 1.54) is 11.1 Å². The molecule has 1 atom stereocenters. The number of halogens is 1. The molecule has 5 heteroatoms. The molecular formula is C19H23BrN2OS. The van der Waals surface area contributed by atoms with Gasteiger partial charge in [-0.3, -0.25) is 4.99 Å². The third-order valence-electron chi connectivity index (χ3n) is 6.01. The fraction of sp³-hybridized carbons (Fsp3) is 0.579. The van der Waals surface area contributed by atoms with E-state index in [4.69, 9.17) is 21.9 Å². The minimum absolute atomic E-state index is 0.103. The van der Waals surface area contributed by atoms with Gasteiger partial charge in [0.1, 0.15) is 4.99 Å². The number of nitrogens with zero attached hydrogens (tertiary/aromatic N) is 1. The lowest BCUT2D eigenvalue weighted by atomic mass is 9.65. The van der Waals surface area contributed by atoms with Crippen molar-refractivity contribution in [1.82, 2.24) is 5.32 Å². The van der Waals surface area contributed by atoms with Gasteiger partial charge in [-0.2, -0.15) is 0 Å². The Morgan fingerprint density at radius 1 is 1.38 bits per heavy atom. The molecule has 1 fully saturated rings. The average Bonchev–Trinajstić information content (AvgIpc) is 2.99. The highest BCUT2D eigenvalue weighted by molar-refractivity contribution is 9.10. The molecule has 0 bridgehead atoms. The van der Waals surface area contributed by atoms with Gasteiger partial charge >= 0.3 is 0 Å². The predicted octanol–water partition coefficient (Wildman–Crippen LogP) is 4.52. The van der Waals surface area contributed by atoms with Crippen LogP contribution in [0.1, 0.15) is 50.7 Å². The average molecular weight is 407 g/mol. The maximum Gasteiger partial charge on any atom is 0.162 e. The summed E-state index contributed by atoms with van der Waals surface area (Å²) in [7, 11) is 0. The molecule has 3 nitrogen and oxygen atoms in total. The molecule has 3 aliphatic rings. The van der Waals surface area contributed by atoms with E-state index in [2.05, 4.69) is 46.4 Å². The third-order valence-corrected chi connectivity index (χ3v) is 6.90. The number of benzene rings is 1. The second-order valence-electron chi connectivity index (χ2n) is 7.28. The molecule has 2 spiro atoms. The van der Waals surface area contributed by atoms with Crippen LogP contribution < -0.4 is 5.32 Å². The summed E-state index contributed by atoms with van der Waals surface area (Å²) >= 11 is 9.19. The Morgan fingerprint density at radius 3 is 2.75 bits per heavy atom. The summed E-state index contributed by atoms with van der Waals surface area (Å²) in [5.74, 6) is 0. The van der Waals surface area contributed by atoms with Crippen LogP contribution in [0.5, 0.6) is 0 Å². The van der Waals surface area contributed by atoms with E-state index in [1.54, 1.807) is 0 Å². The number of thiocarbonyl (C=S) groups is 1. The SMILES string of the molecule is CCO[C@H]1CC[C@]2(CC1)Cc1ccc(Br)cc1C21N=C(C)C(=S)N1. The molecule has 0 amide bonds. The quantitative estimate of drug-likeness (QED) is 0.733. The molecule has 1 unspecified atom stereocenters. The molecule has 1 aromatic carbocycles. The Balaban J connectivity index is 1.77. The van der Waals surface area contributed by atoms with Crippen molar-refractivity contribution < 1.29 is 4.74 Å². The summed E-state index contributed by atoms with van der Waals surface area (Å²) in [6.07, 6.45) is 5.92. The molecule has 128 valence electrons. The number of fused-ring (bicyclic) bond motifs is 3. The van der Waals surface area contributed by atoms with Gasteiger partial charge in [0.25, 0.3) is 0 Å². The zero-order valence-corrected chi connectivity index (χ0v) is 16.6. The molecule has 1 saturated carbocycles. The monoisotopic (exact) mass is 406 g/mol. The van der Waals surface area contributed by atoms with Crippen LogP contribution in [-0.4, -0.2) is 23.4 Å². The molecule has 1 aliphatic heterocycles. The second kappa shape index (κ2) is 5.89. The summed E-state index contributed by atoms with van der Waals surface area (Å²) in [6, 6.07) is 6.62. The van der Waals surface area contributed by atoms with Gasteiger partial charge < -0.3 is 10.1 Å². The van der Waals surface area contributed by atoms with Crippen LogP contribution in [0, 0.1) is 5.41 Å². The zero-order chi connectivity index (χ0) is 16.9. The van der Waals surface area contributed by atoms with Crippen molar-refractivity contribution in [3.8, 4) is 0 Å². The van der Waals surface area contributed by atoms with Crippen molar-refractivity contribution in [2.24, 2.45) is 10.4 Å². The number of aliphatic imine (C=N–C) groups is 1. The normalized spacial score (nSPS) is 34.5. The van der Waals surface area contributed by atoms with E-state index >= 15 is 0 Å². The Morgan fingerprint density at radius 2 is 2.12 bits per heavy atom. The predicted molar refractivity (Wildman–Crippen MR) is 105 cm³/mol. The smallest absolute Gasteiger partial charge is 0.162 e. The Hall–Kier alpha value is -0.780. The molecule has 1 heterocycles. The second-order valence-corrected chi connectivity index (χ2v) is 8.60. The largest absolute Gasteiger partial charge is 0.379 e. The molecule has 2 aliphatic carbocycles. The summed E-state index contributed by atoms with van der Waals surface area (Å²) in [5.41, 5.74) is 3.38. The topological polar surface area (TPSA) is 33.6 Å². The molecule has 4 rings (SSSR count). The number of rotatable bonds is 2. The summed E-state index contributed by atoms with van der Waals surface area (Å²) < 4.78 is 6.99. The summed E-state index contributed by atoms with van der Waals surface area (Å²) in [5, 5.41) is 3.64. The number of ether oxygens (including phenoxy) is 1. The minimum Gasteiger partial charge on any atom is -0.379 e. The Bertz CT molecular complexity index is 724. The number of hydrogen-bond donors (Lipinski definition) is 1. The maximum atomic E-state index is 5.89. The van der Waals surface area contributed by atoms with Crippen LogP contribution in [0.3, 0.4) is 0 Å². The van der Waals surface area contributed by atoms with Crippen LogP contribution in [0.15, 0.2) is 27.7 Å². The minimum atomic E-state index is -0.384. The molecule has 1 aromatic rings. The van der Waals surface area contributed by atoms with Crippen molar-refractivity contribution in [3.05, 3.63) is 33.8 Å². The first-order chi connectivity index (χ1) is 11.5. The first-order valence-corrected chi connectivity index (χ1v) is 9.99. The van der Waals surface area contributed by atoms with Crippen LogP contribution >= 0.6 is 28.1 Å². The molecule has 1 N–H and O–H groups in total. The van der Waals surface area contributed by atoms with Gasteiger partial charge in [0.15, 0.2) is 5.66 Å². The van der Waals surface area contributed by atoms with Crippen molar-refractivity contribution in [2.45, 2.75) is 57.7 Å². The van der Waals surface area contributed by atoms with Crippen molar-refractivity contribution in [1.29, 1.82) is 0 Å². The van der Waals surface area contributed by atoms with Gasteiger partial charge in [0.05, 0.1) is 11.8 Å². The highest BCUT2D eigenvalue weighted by Gasteiger charge is 2.61. The first kappa shape index (κ1) is 16.7. The van der Waals surface area contributed by atoms with E-state index in [0.717, 1.165) is 53.9 Å². The van der Waals surface area contributed by atoms with Gasteiger partial charge in [-0.05, 0) is 63.6 Å². The highest BCUT2D eigenvalue weighted by Crippen LogP contribution is 2.59. The van der Waals surface area contributed by atoms with Crippen molar-refractivity contribution in [2.75, 3.05) is 6.61 Å². The van der Waals surface area contributed by atoms with E-state index in [0.29, 0.717) is 6.10 Å². The van der Waals surface area contributed by atoms with E-state index in [9.17, 15) is 0 Å². The van der Waals surface area contributed by atoms with E-state index < -0.39 is 0 Å². The molecule has 0 radical (unpaired) electrons. The van der Waals surface area contributed by atoms with Crippen molar-refractivity contribution >= 4 is 38.8 Å². The van der Waals surface area contributed by atoms with Gasteiger partial charge in [-0.25, -0.2) is 0 Å². The van der Waals surface area contributed by atoms with E-state index in [-0.39, 0.29) is 11.1 Å². The molecular weight excluding hydrogens is 384 g/mol. The first-order valence-electron chi connectivity index (χ1n) is 8.79. The fourth-order valence-corrected chi connectivity index (χ4v) is 5.42. The van der Waals surface area contributed by atoms with Gasteiger partial charge in [0, 0.05) is 22.1 Å². The summed E-state index contributed by atoms with van der Waals surface area (Å²) in [4.78, 5) is 5.93. The van der Waals surface area contributed by atoms with Crippen LogP contribution in [0.25, 0.3) is 0 Å². The van der Waals surface area contributed by atoms with Crippen LogP contribution in [0.2, 0.25) is 0 Å². The van der Waals surface area contributed by atoms with Gasteiger partial charge in [-0.15, -0.1) is 0 Å². The zero-order valence-electron chi connectivity index (χ0n) is 14.2. The number of nitrogens with one attached hydrogen (secondary N) is 1. The lowest BCUT2D eigenvalue weighted by Crippen LogP contribution is -2.52. The fourth-order valence-electron chi connectivity index (χ4n) is 4.87. The van der Waals surface area contributed by atoms with Gasteiger partial charge in [-0.1, -0.05) is 34.2 Å². The van der Waals surface area contributed by atoms with E-state index in [1.807, 2.05) is 6.92 Å². The molecule has 0 aromatic heterocycles. The van der Waals surface area contributed by atoms with Crippen LogP contribution in [-0.2, 0) is 16.8 Å². The number of hydrogen-bond acceptors (Lipinski definition) is 3. The Labute approximate surface area is 157 Å². The third kappa shape index (κ3) is 2.31. The molecule has 0 saturated heterocycles. The standard InChI is InChI=1S/C19H23BrN2OS/c1-3-23-15-6-8-18(9-7-15)11-13-4-5-14(20)10-16(13)19(18)21-12(2)17(24)22-19/h4-5,10,15H,3,6-9,11H2,1-2H3,(H,22,24)/t15-,18-,19?. The highest BCUT2D eigenvalue weighted by atomic mass is 79.9. The lowest BCUT2D eigenvalue weighted by molar-refractivity contribution is -0.0226. The van der Waals surface area contributed by atoms with Gasteiger partial charge in [0.2, 0.25) is 0 Å². The summed E-state index contributed by atoms with van der Waals surface area (Å²) in [6.45, 7) is 4.91. The van der Waals surface area contributed by atoms with Crippen LogP contribution in [0.4, 0.5) is 0 Å². The van der Waals surface area contributed by atoms with Crippen molar-refractivity contribution in [3.63, 3.8) is 0 Å². The Kier molecular flexibility index (Phi) is 4.09. The lowest BCUT2D eigenvalue weighted by Gasteiger charge is -2.46. The maximum absolute atomic E-state index is 5.89.